The van der Waals surface area contributed by atoms with Gasteiger partial charge in [-0.2, -0.15) is 0 Å². The molecule has 1 aromatic heterocycles. The molecule has 0 radical (unpaired) electrons. The van der Waals surface area contributed by atoms with Gasteiger partial charge in [-0.05, 0) is 103 Å². The van der Waals surface area contributed by atoms with Gasteiger partial charge >= 0.3 is 6.03 Å². The number of urea groups is 1. The number of anilines is 1. The first kappa shape index (κ1) is 21.9. The molecule has 0 unspecified atom stereocenters. The van der Waals surface area contributed by atoms with E-state index in [1.807, 2.05) is 43.5 Å². The molecule has 4 rings (SSSR count). The molecule has 1 saturated heterocycles. The summed E-state index contributed by atoms with van der Waals surface area (Å²) in [6.45, 7) is 5.87. The molecule has 6 nitrogen and oxygen atoms in total. The van der Waals surface area contributed by atoms with Gasteiger partial charge in [-0.3, -0.25) is 14.9 Å². The molecule has 32 heavy (non-hydrogen) atoms. The molecule has 2 heterocycles. The van der Waals surface area contributed by atoms with Crippen molar-refractivity contribution in [1.82, 2.24) is 9.88 Å². The van der Waals surface area contributed by atoms with Crippen molar-refractivity contribution >= 4 is 52.2 Å². The Labute approximate surface area is 197 Å². The molecular weight excluding hydrogens is 524 g/mol. The number of rotatable bonds is 3. The van der Waals surface area contributed by atoms with E-state index < -0.39 is 23.7 Å². The second-order valence-electron chi connectivity index (χ2n) is 7.53. The van der Waals surface area contributed by atoms with E-state index in [2.05, 4.69) is 34.0 Å². The van der Waals surface area contributed by atoms with Crippen LogP contribution in [0.15, 0.2) is 54.1 Å². The number of imide groups is 2. The maximum Gasteiger partial charge on any atom is 0.335 e. The average Bonchev–Trinajstić information content (AvgIpc) is 3.00. The maximum absolute atomic E-state index is 13.7. The Morgan fingerprint density at radius 1 is 0.969 bits per heavy atom. The minimum atomic E-state index is -0.914. The van der Waals surface area contributed by atoms with Crippen molar-refractivity contribution in [3.8, 4) is 5.69 Å². The molecule has 1 aliphatic rings. The van der Waals surface area contributed by atoms with Crippen molar-refractivity contribution in [2.45, 2.75) is 20.8 Å². The number of carbonyl (C=O) groups is 3. The van der Waals surface area contributed by atoms with Gasteiger partial charge in [0, 0.05) is 20.6 Å². The molecule has 8 heteroatoms. The van der Waals surface area contributed by atoms with Crippen molar-refractivity contribution in [2.75, 3.05) is 4.90 Å². The lowest BCUT2D eigenvalue weighted by Gasteiger charge is -2.26. The number of aromatic nitrogens is 1. The zero-order valence-corrected chi connectivity index (χ0v) is 19.7. The van der Waals surface area contributed by atoms with Gasteiger partial charge in [-0.1, -0.05) is 6.07 Å². The van der Waals surface area contributed by atoms with Crippen LogP contribution in [0.4, 0.5) is 14.9 Å². The predicted molar refractivity (Wildman–Crippen MR) is 128 cm³/mol. The molecule has 1 N–H and O–H groups in total. The second-order valence-corrected chi connectivity index (χ2v) is 8.70. The number of nitrogens with zero attached hydrogens (tertiary/aromatic N) is 2. The van der Waals surface area contributed by atoms with Crippen molar-refractivity contribution in [2.24, 2.45) is 0 Å². The topological polar surface area (TPSA) is 71.4 Å². The van der Waals surface area contributed by atoms with Crippen molar-refractivity contribution in [3.63, 3.8) is 0 Å². The molecule has 162 valence electrons. The summed E-state index contributed by atoms with van der Waals surface area (Å²) in [5.74, 6) is -2.19. The van der Waals surface area contributed by atoms with Crippen LogP contribution in [0.5, 0.6) is 0 Å². The molecule has 0 atom stereocenters. The van der Waals surface area contributed by atoms with Crippen molar-refractivity contribution < 1.29 is 18.8 Å². The van der Waals surface area contributed by atoms with E-state index in [4.69, 9.17) is 0 Å². The van der Waals surface area contributed by atoms with E-state index in [-0.39, 0.29) is 11.3 Å². The van der Waals surface area contributed by atoms with E-state index in [9.17, 15) is 18.8 Å². The maximum atomic E-state index is 13.7. The molecule has 0 spiro atoms. The Kier molecular flexibility index (Phi) is 5.72. The highest BCUT2D eigenvalue weighted by molar-refractivity contribution is 14.1. The van der Waals surface area contributed by atoms with Crippen LogP contribution in [0.2, 0.25) is 0 Å². The standard InChI is InChI=1S/C24H19FIN3O3/c1-13-9-19(7-8-21(13)26)28-14(2)10-16(15(28)3)11-20-22(30)27-24(32)29(23(20)31)18-6-4-5-17(25)12-18/h4-12H,1-3H3,(H,27,30,32)/b20-11+. The molecule has 0 saturated carbocycles. The van der Waals surface area contributed by atoms with E-state index in [0.29, 0.717) is 5.56 Å². The summed E-state index contributed by atoms with van der Waals surface area (Å²) >= 11 is 2.28. The number of hydrogen-bond donors (Lipinski definition) is 1. The molecule has 2 aromatic carbocycles. The van der Waals surface area contributed by atoms with Crippen LogP contribution in [0.25, 0.3) is 11.8 Å². The number of carbonyl (C=O) groups excluding carboxylic acids is 3. The Hall–Kier alpha value is -3.27. The van der Waals surface area contributed by atoms with Crippen molar-refractivity contribution in [3.05, 3.63) is 86.0 Å². The van der Waals surface area contributed by atoms with Gasteiger partial charge in [-0.15, -0.1) is 0 Å². The third-order valence-electron chi connectivity index (χ3n) is 5.34. The van der Waals surface area contributed by atoms with Crippen LogP contribution < -0.4 is 10.2 Å². The lowest BCUT2D eigenvalue weighted by molar-refractivity contribution is -0.122. The molecule has 1 fully saturated rings. The quantitative estimate of drug-likeness (QED) is 0.293. The highest BCUT2D eigenvalue weighted by Gasteiger charge is 2.37. The van der Waals surface area contributed by atoms with Crippen molar-refractivity contribution in [1.29, 1.82) is 0 Å². The lowest BCUT2D eigenvalue weighted by Crippen LogP contribution is -2.54. The lowest BCUT2D eigenvalue weighted by atomic mass is 10.1. The largest absolute Gasteiger partial charge is 0.335 e. The Bertz CT molecular complexity index is 1330. The van der Waals surface area contributed by atoms with Gasteiger partial charge < -0.3 is 4.57 Å². The van der Waals surface area contributed by atoms with Gasteiger partial charge in [0.1, 0.15) is 11.4 Å². The summed E-state index contributed by atoms with van der Waals surface area (Å²) < 4.78 is 16.9. The Balaban J connectivity index is 1.77. The average molecular weight is 543 g/mol. The number of barbiturate groups is 1. The van der Waals surface area contributed by atoms with E-state index in [0.717, 1.165) is 37.2 Å². The van der Waals surface area contributed by atoms with Crippen LogP contribution >= 0.6 is 22.6 Å². The number of aryl methyl sites for hydroxylation is 2. The van der Waals surface area contributed by atoms with Gasteiger partial charge in [0.15, 0.2) is 0 Å². The molecule has 4 amide bonds. The van der Waals surface area contributed by atoms with Crippen LogP contribution in [0.3, 0.4) is 0 Å². The van der Waals surface area contributed by atoms with Crippen LogP contribution in [-0.4, -0.2) is 22.4 Å². The second kappa shape index (κ2) is 8.34. The van der Waals surface area contributed by atoms with Gasteiger partial charge in [0.25, 0.3) is 11.8 Å². The summed E-state index contributed by atoms with van der Waals surface area (Å²) in [6.07, 6.45) is 1.47. The molecule has 0 aliphatic carbocycles. The summed E-state index contributed by atoms with van der Waals surface area (Å²) in [7, 11) is 0. The van der Waals surface area contributed by atoms with E-state index in [1.54, 1.807) is 0 Å². The van der Waals surface area contributed by atoms with E-state index in [1.165, 1.54) is 24.3 Å². The zero-order valence-electron chi connectivity index (χ0n) is 17.6. The minimum Gasteiger partial charge on any atom is -0.318 e. The number of nitrogens with one attached hydrogen (secondary N) is 1. The van der Waals surface area contributed by atoms with Gasteiger partial charge in [-0.25, -0.2) is 14.1 Å². The molecule has 3 aromatic rings. The third-order valence-corrected chi connectivity index (χ3v) is 6.55. The minimum absolute atomic E-state index is 0.0470. The normalized spacial score (nSPS) is 15.5. The molecule has 0 bridgehead atoms. The first-order valence-electron chi connectivity index (χ1n) is 9.80. The first-order valence-corrected chi connectivity index (χ1v) is 10.9. The number of amides is 4. The third kappa shape index (κ3) is 3.86. The highest BCUT2D eigenvalue weighted by Crippen LogP contribution is 2.27. The number of benzene rings is 2. The fourth-order valence-electron chi connectivity index (χ4n) is 3.76. The zero-order chi connectivity index (χ0) is 23.2. The molecule has 1 aliphatic heterocycles. The smallest absolute Gasteiger partial charge is 0.318 e. The van der Waals surface area contributed by atoms with E-state index >= 15 is 0 Å². The molecular formula is C24H19FIN3O3. The summed E-state index contributed by atoms with van der Waals surface area (Å²) in [5, 5.41) is 2.16. The van der Waals surface area contributed by atoms with Crippen LogP contribution in [0, 0.1) is 30.2 Å². The monoisotopic (exact) mass is 543 g/mol. The summed E-state index contributed by atoms with van der Waals surface area (Å²) in [6, 6.07) is 12.2. The van der Waals surface area contributed by atoms with Gasteiger partial charge in [0.2, 0.25) is 0 Å². The predicted octanol–water partition coefficient (Wildman–Crippen LogP) is 4.81. The van der Waals surface area contributed by atoms with Crippen LogP contribution in [-0.2, 0) is 9.59 Å². The highest BCUT2D eigenvalue weighted by atomic mass is 127. The fourth-order valence-corrected chi connectivity index (χ4v) is 4.10. The summed E-state index contributed by atoms with van der Waals surface area (Å²) in [5.41, 5.74) is 4.40. The number of hydrogen-bond acceptors (Lipinski definition) is 3. The summed E-state index contributed by atoms with van der Waals surface area (Å²) in [4.78, 5) is 38.6. The Morgan fingerprint density at radius 3 is 2.41 bits per heavy atom. The number of halogens is 2. The fraction of sp³-hybridized carbons (Fsp3) is 0.125. The SMILES string of the molecule is Cc1cc(-n2c(C)cc(/C=C3\C(=O)NC(=O)N(c4cccc(F)c4)C3=O)c2C)ccc1I. The first-order chi connectivity index (χ1) is 15.2. The van der Waals surface area contributed by atoms with Gasteiger partial charge in [0.05, 0.1) is 5.69 Å². The van der Waals surface area contributed by atoms with Crippen LogP contribution in [0.1, 0.15) is 22.5 Å². The Morgan fingerprint density at radius 2 is 1.72 bits per heavy atom.